The Hall–Kier alpha value is -3.46. The maximum atomic E-state index is 12.0. The lowest BCUT2D eigenvalue weighted by molar-refractivity contribution is -0.123. The molecule has 0 aromatic heterocycles. The molecule has 2 aromatic carbocycles. The number of carbonyl (C=O) groups is 2. The van der Waals surface area contributed by atoms with Gasteiger partial charge in [-0.25, -0.2) is 0 Å². The smallest absolute Gasteiger partial charge is 0.258 e. The molecule has 0 unspecified atom stereocenters. The summed E-state index contributed by atoms with van der Waals surface area (Å²) in [6, 6.07) is 14.7. The van der Waals surface area contributed by atoms with E-state index in [-0.39, 0.29) is 25.0 Å². The van der Waals surface area contributed by atoms with E-state index >= 15 is 0 Å². The van der Waals surface area contributed by atoms with Crippen molar-refractivity contribution in [3.63, 3.8) is 0 Å². The lowest BCUT2D eigenvalue weighted by atomic mass is 10.1. The molecule has 1 saturated heterocycles. The normalized spacial score (nSPS) is 13.3. The number of nitrogens with one attached hydrogen (secondary N) is 1. The molecule has 2 amide bonds. The highest BCUT2D eigenvalue weighted by molar-refractivity contribution is 5.94. The van der Waals surface area contributed by atoms with E-state index < -0.39 is 0 Å². The summed E-state index contributed by atoms with van der Waals surface area (Å²) in [7, 11) is 1.57. The minimum absolute atomic E-state index is 0.0899. The highest BCUT2D eigenvalue weighted by atomic mass is 16.5. The van der Waals surface area contributed by atoms with Gasteiger partial charge >= 0.3 is 0 Å². The average molecular weight is 392 g/mol. The van der Waals surface area contributed by atoms with E-state index in [1.807, 2.05) is 29.2 Å². The molecule has 1 N–H and O–H groups in total. The predicted molar refractivity (Wildman–Crippen MR) is 111 cm³/mol. The number of nitrogens with zero attached hydrogens (tertiary/aromatic N) is 1. The third kappa shape index (κ3) is 6.01. The van der Waals surface area contributed by atoms with Gasteiger partial charge in [0, 0.05) is 30.3 Å². The summed E-state index contributed by atoms with van der Waals surface area (Å²) in [5, 5.41) is 2.70. The maximum Gasteiger partial charge on any atom is 0.258 e. The number of amides is 2. The van der Waals surface area contributed by atoms with Crippen LogP contribution in [0.5, 0.6) is 11.5 Å². The van der Waals surface area contributed by atoms with E-state index in [1.165, 1.54) is 0 Å². The van der Waals surface area contributed by atoms with Crippen molar-refractivity contribution in [1.29, 1.82) is 0 Å². The van der Waals surface area contributed by atoms with Crippen LogP contribution in [-0.4, -0.2) is 38.6 Å². The zero-order chi connectivity index (χ0) is 20.5. The number of piperidine rings is 1. The molecule has 0 saturated carbocycles. The van der Waals surface area contributed by atoms with Crippen LogP contribution in [0.15, 0.2) is 48.5 Å². The van der Waals surface area contributed by atoms with Gasteiger partial charge in [-0.2, -0.15) is 0 Å². The van der Waals surface area contributed by atoms with Crippen molar-refractivity contribution in [2.24, 2.45) is 0 Å². The predicted octanol–water partition coefficient (Wildman–Crippen LogP) is 2.76. The molecule has 29 heavy (non-hydrogen) atoms. The Morgan fingerprint density at radius 1 is 1.14 bits per heavy atom. The van der Waals surface area contributed by atoms with Crippen molar-refractivity contribution in [1.82, 2.24) is 5.32 Å². The fourth-order valence-corrected chi connectivity index (χ4v) is 2.98. The highest BCUT2D eigenvalue weighted by Gasteiger charge is 2.19. The van der Waals surface area contributed by atoms with Crippen LogP contribution < -0.4 is 19.7 Å². The van der Waals surface area contributed by atoms with Crippen LogP contribution in [0.1, 0.15) is 24.8 Å². The monoisotopic (exact) mass is 392 g/mol. The Kier molecular flexibility index (Phi) is 7.12. The largest absolute Gasteiger partial charge is 0.497 e. The molecule has 0 atom stereocenters. The SMILES string of the molecule is COc1cccc(OCC(=O)NCC#Cc2ccc(N3CCCCC3=O)cc2)c1. The number of ether oxygens (including phenoxy) is 2. The standard InChI is InChI=1S/C23H24N2O4/c1-28-20-7-4-8-21(16-20)29-17-22(26)24-14-5-6-18-10-12-19(13-11-18)25-15-3-2-9-23(25)27/h4,7-8,10-13,16H,2-3,9,14-15,17H2,1H3,(H,24,26). The fraction of sp³-hybridized carbons (Fsp3) is 0.304. The number of benzene rings is 2. The third-order valence-corrected chi connectivity index (χ3v) is 4.52. The molecule has 0 aliphatic carbocycles. The number of rotatable bonds is 6. The quantitative estimate of drug-likeness (QED) is 0.768. The maximum absolute atomic E-state index is 12.0. The zero-order valence-corrected chi connectivity index (χ0v) is 16.4. The molecular weight excluding hydrogens is 368 g/mol. The molecule has 6 nitrogen and oxygen atoms in total. The minimum atomic E-state index is -0.249. The van der Waals surface area contributed by atoms with Crippen LogP contribution in [0.4, 0.5) is 5.69 Å². The summed E-state index contributed by atoms with van der Waals surface area (Å²) in [5.41, 5.74) is 1.74. The number of carbonyl (C=O) groups excluding carboxylic acids is 2. The summed E-state index contributed by atoms with van der Waals surface area (Å²) >= 11 is 0. The van der Waals surface area contributed by atoms with E-state index in [0.29, 0.717) is 17.9 Å². The van der Waals surface area contributed by atoms with Gasteiger partial charge in [-0.3, -0.25) is 9.59 Å². The third-order valence-electron chi connectivity index (χ3n) is 4.52. The molecular formula is C23H24N2O4. The Morgan fingerprint density at radius 2 is 1.93 bits per heavy atom. The van der Waals surface area contributed by atoms with Gasteiger partial charge in [0.25, 0.3) is 5.91 Å². The molecule has 6 heteroatoms. The molecule has 2 aromatic rings. The van der Waals surface area contributed by atoms with Crippen molar-refractivity contribution in [2.75, 3.05) is 31.7 Å². The van der Waals surface area contributed by atoms with E-state index in [0.717, 1.165) is 30.6 Å². The minimum Gasteiger partial charge on any atom is -0.497 e. The molecule has 0 spiro atoms. The second-order valence-electron chi connectivity index (χ2n) is 6.60. The second-order valence-corrected chi connectivity index (χ2v) is 6.60. The molecule has 1 aliphatic heterocycles. The van der Waals surface area contributed by atoms with Gasteiger partial charge in [0.05, 0.1) is 13.7 Å². The summed E-state index contributed by atoms with van der Waals surface area (Å²) in [4.78, 5) is 25.7. The topological polar surface area (TPSA) is 67.9 Å². The van der Waals surface area contributed by atoms with Crippen molar-refractivity contribution in [3.05, 3.63) is 54.1 Å². The molecule has 1 fully saturated rings. The molecule has 0 radical (unpaired) electrons. The van der Waals surface area contributed by atoms with Gasteiger partial charge < -0.3 is 19.7 Å². The Morgan fingerprint density at radius 3 is 2.69 bits per heavy atom. The van der Waals surface area contributed by atoms with Crippen molar-refractivity contribution in [3.8, 4) is 23.3 Å². The van der Waals surface area contributed by atoms with Crippen LogP contribution >= 0.6 is 0 Å². The van der Waals surface area contributed by atoms with Gasteiger partial charge in [0.15, 0.2) is 6.61 Å². The van der Waals surface area contributed by atoms with E-state index in [4.69, 9.17) is 9.47 Å². The molecule has 1 aliphatic rings. The van der Waals surface area contributed by atoms with Crippen LogP contribution in [0.3, 0.4) is 0 Å². The zero-order valence-electron chi connectivity index (χ0n) is 16.4. The van der Waals surface area contributed by atoms with Crippen LogP contribution in [-0.2, 0) is 9.59 Å². The lowest BCUT2D eigenvalue weighted by Gasteiger charge is -2.26. The average Bonchev–Trinajstić information content (AvgIpc) is 2.76. The van der Waals surface area contributed by atoms with Gasteiger partial charge in [-0.05, 0) is 49.2 Å². The van der Waals surface area contributed by atoms with E-state index in [9.17, 15) is 9.59 Å². The van der Waals surface area contributed by atoms with Gasteiger partial charge in [0.2, 0.25) is 5.91 Å². The Bertz CT molecular complexity index is 912. The molecule has 0 bridgehead atoms. The second kappa shape index (κ2) is 10.2. The number of hydrogen-bond acceptors (Lipinski definition) is 4. The first-order valence-electron chi connectivity index (χ1n) is 9.58. The van der Waals surface area contributed by atoms with Crippen LogP contribution in [0.25, 0.3) is 0 Å². The number of anilines is 1. The van der Waals surface area contributed by atoms with Gasteiger partial charge in [-0.1, -0.05) is 17.9 Å². The van der Waals surface area contributed by atoms with E-state index in [1.54, 1.807) is 31.4 Å². The highest BCUT2D eigenvalue weighted by Crippen LogP contribution is 2.21. The summed E-state index contributed by atoms with van der Waals surface area (Å²) in [6.07, 6.45) is 2.62. The van der Waals surface area contributed by atoms with Crippen molar-refractivity contribution >= 4 is 17.5 Å². The van der Waals surface area contributed by atoms with Gasteiger partial charge in [-0.15, -0.1) is 0 Å². The first-order valence-corrected chi connectivity index (χ1v) is 9.58. The Labute approximate surface area is 170 Å². The van der Waals surface area contributed by atoms with Crippen LogP contribution in [0.2, 0.25) is 0 Å². The molecule has 150 valence electrons. The Balaban J connectivity index is 1.43. The fourth-order valence-electron chi connectivity index (χ4n) is 2.98. The number of methoxy groups -OCH3 is 1. The van der Waals surface area contributed by atoms with Crippen molar-refractivity contribution in [2.45, 2.75) is 19.3 Å². The summed E-state index contributed by atoms with van der Waals surface area (Å²) < 4.78 is 10.5. The van der Waals surface area contributed by atoms with Crippen LogP contribution in [0, 0.1) is 11.8 Å². The lowest BCUT2D eigenvalue weighted by Crippen LogP contribution is -2.35. The first-order chi connectivity index (χ1) is 14.2. The number of hydrogen-bond donors (Lipinski definition) is 1. The molecule has 3 rings (SSSR count). The molecule has 1 heterocycles. The summed E-state index contributed by atoms with van der Waals surface area (Å²) in [6.45, 7) is 0.911. The summed E-state index contributed by atoms with van der Waals surface area (Å²) in [5.74, 6) is 7.09. The first kappa shape index (κ1) is 20.3. The van der Waals surface area contributed by atoms with E-state index in [2.05, 4.69) is 17.2 Å². The van der Waals surface area contributed by atoms with Crippen molar-refractivity contribution < 1.29 is 19.1 Å². The van der Waals surface area contributed by atoms with Gasteiger partial charge in [0.1, 0.15) is 11.5 Å².